The van der Waals surface area contributed by atoms with Gasteiger partial charge in [-0.2, -0.15) is 5.10 Å². The number of aliphatic imine (C=N–C) groups is 1. The van der Waals surface area contributed by atoms with Gasteiger partial charge in [-0.25, -0.2) is 4.39 Å². The molecule has 1 atom stereocenters. The van der Waals surface area contributed by atoms with Crippen LogP contribution in [0.1, 0.15) is 24.2 Å². The van der Waals surface area contributed by atoms with E-state index in [0.29, 0.717) is 18.2 Å². The Morgan fingerprint density at radius 2 is 2.28 bits per heavy atom. The average molecular weight is 398 g/mol. The molecule has 1 unspecified atom stereocenters. The Balaban J connectivity index is 1.38. The molecule has 0 aliphatic carbocycles. The molecular formula is C21H27FN6O. The second-order valence-corrected chi connectivity index (χ2v) is 7.52. The number of anilines is 1. The molecule has 154 valence electrons. The topological polar surface area (TPSA) is 70.6 Å². The lowest BCUT2D eigenvalue weighted by molar-refractivity contribution is 0.465. The zero-order valence-electron chi connectivity index (χ0n) is 17.1. The number of benzene rings is 1. The molecule has 3 heterocycles. The molecule has 7 nitrogen and oxygen atoms in total. The van der Waals surface area contributed by atoms with E-state index < -0.39 is 0 Å². The molecule has 8 heteroatoms. The van der Waals surface area contributed by atoms with E-state index in [1.54, 1.807) is 13.1 Å². The summed E-state index contributed by atoms with van der Waals surface area (Å²) in [4.78, 5) is 6.70. The number of guanidine groups is 1. The molecule has 0 amide bonds. The summed E-state index contributed by atoms with van der Waals surface area (Å²) in [6.07, 6.45) is 6.14. The number of aryl methyl sites for hydroxylation is 2. The normalized spacial score (nSPS) is 17.7. The van der Waals surface area contributed by atoms with Gasteiger partial charge in [0.15, 0.2) is 5.96 Å². The SMILES string of the molecule is CN=C(NCc1oc2ccc(F)cc2c1C)NC1CCCN(c2cnn(C)c2)C1. The standard InChI is InChI=1S/C21H27FN6O/c1-14-18-9-15(22)6-7-19(18)29-20(14)11-24-21(23-2)26-16-5-4-8-28(12-16)17-10-25-27(3)13-17/h6-7,9-10,13,16H,4-5,8,11-12H2,1-3H3,(H2,23,24,26). The molecule has 3 aromatic rings. The molecule has 1 saturated heterocycles. The highest BCUT2D eigenvalue weighted by Crippen LogP contribution is 2.26. The van der Waals surface area contributed by atoms with E-state index >= 15 is 0 Å². The number of halogens is 1. The second kappa shape index (κ2) is 8.14. The predicted octanol–water partition coefficient (Wildman–Crippen LogP) is 2.95. The maximum atomic E-state index is 13.5. The summed E-state index contributed by atoms with van der Waals surface area (Å²) >= 11 is 0. The van der Waals surface area contributed by atoms with Gasteiger partial charge in [0.1, 0.15) is 17.2 Å². The fraction of sp³-hybridized carbons (Fsp3) is 0.429. The predicted molar refractivity (Wildman–Crippen MR) is 113 cm³/mol. The monoisotopic (exact) mass is 398 g/mol. The van der Waals surface area contributed by atoms with Crippen LogP contribution in [0.3, 0.4) is 0 Å². The Morgan fingerprint density at radius 1 is 1.41 bits per heavy atom. The summed E-state index contributed by atoms with van der Waals surface area (Å²) in [7, 11) is 3.70. The second-order valence-electron chi connectivity index (χ2n) is 7.52. The number of nitrogens with one attached hydrogen (secondary N) is 2. The average Bonchev–Trinajstić information content (AvgIpc) is 3.29. The largest absolute Gasteiger partial charge is 0.459 e. The number of hydrogen-bond acceptors (Lipinski definition) is 4. The van der Waals surface area contributed by atoms with Crippen molar-refractivity contribution in [1.82, 2.24) is 20.4 Å². The number of fused-ring (bicyclic) bond motifs is 1. The number of hydrogen-bond donors (Lipinski definition) is 2. The van der Waals surface area contributed by atoms with Gasteiger partial charge in [-0.3, -0.25) is 9.67 Å². The minimum atomic E-state index is -0.256. The summed E-state index contributed by atoms with van der Waals surface area (Å²) in [5.74, 6) is 1.26. The molecule has 1 aliphatic heterocycles. The molecule has 2 N–H and O–H groups in total. The van der Waals surface area contributed by atoms with E-state index in [4.69, 9.17) is 4.42 Å². The van der Waals surface area contributed by atoms with E-state index in [9.17, 15) is 4.39 Å². The lowest BCUT2D eigenvalue weighted by Crippen LogP contribution is -2.51. The van der Waals surface area contributed by atoms with E-state index in [0.717, 1.165) is 54.3 Å². The van der Waals surface area contributed by atoms with E-state index in [2.05, 4.69) is 25.6 Å². The van der Waals surface area contributed by atoms with Gasteiger partial charge in [0, 0.05) is 50.4 Å². The maximum Gasteiger partial charge on any atom is 0.191 e. The molecule has 0 spiro atoms. The van der Waals surface area contributed by atoms with Crippen molar-refractivity contribution in [3.05, 3.63) is 47.7 Å². The third-order valence-electron chi connectivity index (χ3n) is 5.46. The Morgan fingerprint density at radius 3 is 3.03 bits per heavy atom. The van der Waals surface area contributed by atoms with Crippen molar-refractivity contribution in [2.45, 2.75) is 32.4 Å². The molecule has 4 rings (SSSR count). The first-order chi connectivity index (χ1) is 14.0. The highest BCUT2D eigenvalue weighted by atomic mass is 19.1. The van der Waals surface area contributed by atoms with Crippen LogP contribution < -0.4 is 15.5 Å². The van der Waals surface area contributed by atoms with Crippen molar-refractivity contribution in [3.63, 3.8) is 0 Å². The highest BCUT2D eigenvalue weighted by molar-refractivity contribution is 5.83. The first-order valence-corrected chi connectivity index (χ1v) is 9.92. The van der Waals surface area contributed by atoms with Gasteiger partial charge in [-0.05, 0) is 38.0 Å². The van der Waals surface area contributed by atoms with Crippen LogP contribution in [-0.4, -0.2) is 41.9 Å². The van der Waals surface area contributed by atoms with E-state index in [-0.39, 0.29) is 5.82 Å². The number of rotatable bonds is 4. The van der Waals surface area contributed by atoms with Crippen molar-refractivity contribution >= 4 is 22.6 Å². The van der Waals surface area contributed by atoms with Crippen LogP contribution in [0.4, 0.5) is 10.1 Å². The zero-order valence-corrected chi connectivity index (χ0v) is 17.1. The zero-order chi connectivity index (χ0) is 20.4. The number of aromatic nitrogens is 2. The minimum Gasteiger partial charge on any atom is -0.459 e. The molecule has 29 heavy (non-hydrogen) atoms. The van der Waals surface area contributed by atoms with Crippen LogP contribution in [0, 0.1) is 12.7 Å². The van der Waals surface area contributed by atoms with Crippen LogP contribution in [0.25, 0.3) is 11.0 Å². The fourth-order valence-electron chi connectivity index (χ4n) is 3.87. The molecule has 0 radical (unpaired) electrons. The number of furan rings is 1. The first-order valence-electron chi connectivity index (χ1n) is 9.92. The Kier molecular flexibility index (Phi) is 5.42. The van der Waals surface area contributed by atoms with Crippen LogP contribution in [-0.2, 0) is 13.6 Å². The van der Waals surface area contributed by atoms with Gasteiger partial charge >= 0.3 is 0 Å². The van der Waals surface area contributed by atoms with Crippen molar-refractivity contribution < 1.29 is 8.81 Å². The van der Waals surface area contributed by atoms with Crippen LogP contribution in [0.5, 0.6) is 0 Å². The Bertz CT molecular complexity index is 1020. The summed E-state index contributed by atoms with van der Waals surface area (Å²) in [6.45, 7) is 4.37. The Hall–Kier alpha value is -3.03. The van der Waals surface area contributed by atoms with Gasteiger partial charge in [0.05, 0.1) is 18.4 Å². The molecule has 1 aliphatic rings. The summed E-state index contributed by atoms with van der Waals surface area (Å²) in [6, 6.07) is 4.89. The molecular weight excluding hydrogens is 371 g/mol. The third-order valence-corrected chi connectivity index (χ3v) is 5.46. The Labute approximate surface area is 169 Å². The van der Waals surface area contributed by atoms with E-state index in [1.165, 1.54) is 12.1 Å². The molecule has 0 bridgehead atoms. The van der Waals surface area contributed by atoms with Crippen molar-refractivity contribution in [3.8, 4) is 0 Å². The van der Waals surface area contributed by atoms with Crippen molar-refractivity contribution in [2.24, 2.45) is 12.0 Å². The van der Waals surface area contributed by atoms with Crippen LogP contribution >= 0.6 is 0 Å². The van der Waals surface area contributed by atoms with Gasteiger partial charge < -0.3 is 20.0 Å². The number of nitrogens with zero attached hydrogens (tertiary/aromatic N) is 4. The van der Waals surface area contributed by atoms with Crippen molar-refractivity contribution in [1.29, 1.82) is 0 Å². The van der Waals surface area contributed by atoms with Gasteiger partial charge in [-0.15, -0.1) is 0 Å². The quantitative estimate of drug-likeness (QED) is 0.522. The van der Waals surface area contributed by atoms with Gasteiger partial charge in [-0.1, -0.05) is 0 Å². The van der Waals surface area contributed by atoms with Crippen LogP contribution in [0.2, 0.25) is 0 Å². The molecule has 1 aromatic carbocycles. The molecule has 0 saturated carbocycles. The molecule has 2 aromatic heterocycles. The third kappa shape index (κ3) is 4.21. The minimum absolute atomic E-state index is 0.256. The smallest absolute Gasteiger partial charge is 0.191 e. The van der Waals surface area contributed by atoms with Gasteiger partial charge in [0.2, 0.25) is 0 Å². The fourth-order valence-corrected chi connectivity index (χ4v) is 3.87. The first kappa shape index (κ1) is 19.3. The lowest BCUT2D eigenvalue weighted by atomic mass is 10.1. The lowest BCUT2D eigenvalue weighted by Gasteiger charge is -2.34. The van der Waals surface area contributed by atoms with Crippen LogP contribution in [0.15, 0.2) is 40.0 Å². The van der Waals surface area contributed by atoms with Gasteiger partial charge in [0.25, 0.3) is 0 Å². The summed E-state index contributed by atoms with van der Waals surface area (Å²) in [5, 5.41) is 11.9. The maximum absolute atomic E-state index is 13.5. The highest BCUT2D eigenvalue weighted by Gasteiger charge is 2.22. The summed E-state index contributed by atoms with van der Waals surface area (Å²) < 4.78 is 21.2. The van der Waals surface area contributed by atoms with E-state index in [1.807, 2.05) is 31.0 Å². The van der Waals surface area contributed by atoms with Crippen molar-refractivity contribution in [2.75, 3.05) is 25.0 Å². The number of piperidine rings is 1. The summed E-state index contributed by atoms with van der Waals surface area (Å²) in [5.41, 5.74) is 2.79. The molecule has 1 fully saturated rings.